The van der Waals surface area contributed by atoms with Crippen molar-refractivity contribution in [1.29, 1.82) is 0 Å². The van der Waals surface area contributed by atoms with Crippen LogP contribution in [0.1, 0.15) is 84.3 Å². The lowest BCUT2D eigenvalue weighted by atomic mass is 9.73. The first kappa shape index (κ1) is 28.9. The summed E-state index contributed by atoms with van der Waals surface area (Å²) in [5, 5.41) is 33.4. The van der Waals surface area contributed by atoms with Crippen LogP contribution in [0, 0.1) is 17.3 Å². The first-order chi connectivity index (χ1) is 16.8. The van der Waals surface area contributed by atoms with Gasteiger partial charge < -0.3 is 24.8 Å². The Morgan fingerprint density at radius 2 is 1.94 bits per heavy atom. The molecular weight excluding hydrogens is 482 g/mol. The van der Waals surface area contributed by atoms with E-state index >= 15 is 0 Å². The summed E-state index contributed by atoms with van der Waals surface area (Å²) in [6.07, 6.45) is 1.60. The standard InChI is InChI=1S/C27H41NO7S/c1-15-8-7-9-27(6)21(35-27)11-19(16(2)10-18-14-36-22(13-29)28-18)34-23(31)12-20(30)26(4,5)25(33)17(3)24(15)32/h10,14-15,17,19-21,24,29-30,32H,7-9,11-13H2,1-6H3/b16-10+/t15?,17?,19?,20?,21-,24-,27+/m0/s1. The molecule has 0 aliphatic carbocycles. The summed E-state index contributed by atoms with van der Waals surface area (Å²) < 4.78 is 11.9. The molecule has 7 atom stereocenters. The van der Waals surface area contributed by atoms with E-state index < -0.39 is 35.6 Å². The predicted molar refractivity (Wildman–Crippen MR) is 137 cm³/mol. The van der Waals surface area contributed by atoms with Crippen molar-refractivity contribution in [3.8, 4) is 0 Å². The van der Waals surface area contributed by atoms with E-state index in [0.717, 1.165) is 24.8 Å². The topological polar surface area (TPSA) is 129 Å². The Labute approximate surface area is 217 Å². The number of aliphatic hydroxyl groups is 3. The van der Waals surface area contributed by atoms with Crippen molar-refractivity contribution in [2.24, 2.45) is 17.3 Å². The van der Waals surface area contributed by atoms with Gasteiger partial charge in [-0.05, 0) is 44.3 Å². The molecule has 0 aromatic carbocycles. The fourth-order valence-electron chi connectivity index (χ4n) is 5.08. The maximum atomic E-state index is 13.2. The fraction of sp³-hybridized carbons (Fsp3) is 0.741. The summed E-state index contributed by atoms with van der Waals surface area (Å²) in [5.41, 5.74) is -0.0964. The minimum absolute atomic E-state index is 0.0860. The second-order valence-electron chi connectivity index (χ2n) is 11.3. The van der Waals surface area contributed by atoms with Gasteiger partial charge in [-0.2, -0.15) is 0 Å². The van der Waals surface area contributed by atoms with Crippen LogP contribution >= 0.6 is 11.3 Å². The summed E-state index contributed by atoms with van der Waals surface area (Å²) in [6, 6.07) is 0. The molecule has 0 bridgehead atoms. The van der Waals surface area contributed by atoms with Crippen LogP contribution in [0.5, 0.6) is 0 Å². The number of nitrogens with zero attached hydrogens (tertiary/aromatic N) is 1. The predicted octanol–water partition coefficient (Wildman–Crippen LogP) is 3.66. The fourth-order valence-corrected chi connectivity index (χ4v) is 5.69. The Bertz CT molecular complexity index is 973. The average Bonchev–Trinajstić information content (AvgIpc) is 3.23. The van der Waals surface area contributed by atoms with Gasteiger partial charge in [0.2, 0.25) is 0 Å². The number of Topliss-reactive ketones (excluding diaryl/α,β-unsaturated/α-hetero) is 1. The number of epoxide rings is 1. The Morgan fingerprint density at radius 1 is 1.25 bits per heavy atom. The second kappa shape index (κ2) is 11.4. The zero-order valence-corrected chi connectivity index (χ0v) is 23.0. The molecular formula is C27H41NO7S. The number of rotatable bonds is 3. The SMILES string of the molecule is C/C(=C\c1csc(CO)n1)C1C[C@@H]2O[C@]2(C)CCCC(C)[C@H](O)C(C)C(=O)C(C)(C)C(O)CC(=O)O1. The maximum Gasteiger partial charge on any atom is 0.309 e. The molecule has 4 unspecified atom stereocenters. The lowest BCUT2D eigenvalue weighted by molar-refractivity contribution is -0.154. The van der Waals surface area contributed by atoms with Crippen molar-refractivity contribution in [2.45, 2.75) is 110 Å². The van der Waals surface area contributed by atoms with Crippen LogP contribution in [-0.4, -0.2) is 62.1 Å². The highest BCUT2D eigenvalue weighted by molar-refractivity contribution is 7.09. The van der Waals surface area contributed by atoms with E-state index in [2.05, 4.69) is 4.98 Å². The van der Waals surface area contributed by atoms with Crippen molar-refractivity contribution < 1.29 is 34.4 Å². The van der Waals surface area contributed by atoms with Crippen LogP contribution in [0.2, 0.25) is 0 Å². The summed E-state index contributed by atoms with van der Waals surface area (Å²) in [7, 11) is 0. The van der Waals surface area contributed by atoms with Crippen molar-refractivity contribution in [1.82, 2.24) is 4.98 Å². The highest BCUT2D eigenvalue weighted by Gasteiger charge is 2.53. The van der Waals surface area contributed by atoms with Crippen LogP contribution in [0.3, 0.4) is 0 Å². The minimum Gasteiger partial charge on any atom is -0.458 e. The number of esters is 1. The first-order valence-electron chi connectivity index (χ1n) is 12.8. The molecule has 2 aliphatic rings. The monoisotopic (exact) mass is 523 g/mol. The van der Waals surface area contributed by atoms with Gasteiger partial charge in [0, 0.05) is 17.7 Å². The van der Waals surface area contributed by atoms with E-state index in [1.54, 1.807) is 20.8 Å². The van der Waals surface area contributed by atoms with Gasteiger partial charge in [0.25, 0.3) is 0 Å². The molecule has 202 valence electrons. The zero-order valence-electron chi connectivity index (χ0n) is 22.2. The third-order valence-corrected chi connectivity index (χ3v) is 8.85. The van der Waals surface area contributed by atoms with Crippen LogP contribution < -0.4 is 0 Å². The largest absolute Gasteiger partial charge is 0.458 e. The Balaban J connectivity index is 1.85. The molecule has 1 aromatic rings. The lowest BCUT2D eigenvalue weighted by Gasteiger charge is -2.34. The van der Waals surface area contributed by atoms with E-state index in [4.69, 9.17) is 9.47 Å². The van der Waals surface area contributed by atoms with Gasteiger partial charge in [-0.3, -0.25) is 9.59 Å². The summed E-state index contributed by atoms with van der Waals surface area (Å²) >= 11 is 1.35. The number of aromatic nitrogens is 1. The normalized spacial score (nSPS) is 36.8. The number of aliphatic hydroxyl groups excluding tert-OH is 3. The molecule has 0 radical (unpaired) electrons. The molecule has 3 N–H and O–H groups in total. The molecule has 0 saturated carbocycles. The van der Waals surface area contributed by atoms with Crippen LogP contribution in [0.4, 0.5) is 0 Å². The Morgan fingerprint density at radius 3 is 2.58 bits per heavy atom. The highest BCUT2D eigenvalue weighted by atomic mass is 32.1. The van der Waals surface area contributed by atoms with Crippen molar-refractivity contribution >= 4 is 29.2 Å². The smallest absolute Gasteiger partial charge is 0.309 e. The molecule has 2 fully saturated rings. The van der Waals surface area contributed by atoms with Gasteiger partial charge in [-0.1, -0.05) is 34.1 Å². The van der Waals surface area contributed by atoms with Crippen molar-refractivity contribution in [3.05, 3.63) is 21.7 Å². The van der Waals surface area contributed by atoms with Gasteiger partial charge in [0.05, 0.1) is 48.0 Å². The summed E-state index contributed by atoms with van der Waals surface area (Å²) in [5.74, 6) is -1.64. The van der Waals surface area contributed by atoms with Crippen LogP contribution in [0.15, 0.2) is 11.0 Å². The van der Waals surface area contributed by atoms with Crippen molar-refractivity contribution in [2.75, 3.05) is 0 Å². The first-order valence-corrected chi connectivity index (χ1v) is 13.7. The van der Waals surface area contributed by atoms with Gasteiger partial charge in [-0.25, -0.2) is 4.98 Å². The molecule has 9 heteroatoms. The van der Waals surface area contributed by atoms with E-state index in [-0.39, 0.29) is 36.4 Å². The zero-order chi connectivity index (χ0) is 26.8. The minimum atomic E-state index is -1.26. The average molecular weight is 524 g/mol. The molecule has 2 aliphatic heterocycles. The number of ketones is 1. The van der Waals surface area contributed by atoms with Crippen LogP contribution in [0.25, 0.3) is 6.08 Å². The number of ether oxygens (including phenoxy) is 2. The Hall–Kier alpha value is -1.65. The number of hydrogen-bond donors (Lipinski definition) is 3. The quantitative estimate of drug-likeness (QED) is 0.404. The molecule has 3 heterocycles. The third-order valence-electron chi connectivity index (χ3n) is 8.00. The van der Waals surface area contributed by atoms with Crippen molar-refractivity contribution in [3.63, 3.8) is 0 Å². The maximum absolute atomic E-state index is 13.2. The number of cyclic esters (lactones) is 1. The third kappa shape index (κ3) is 6.61. The number of carbonyl (C=O) groups is 2. The van der Waals surface area contributed by atoms with Gasteiger partial charge in [0.15, 0.2) is 0 Å². The van der Waals surface area contributed by atoms with Gasteiger partial charge in [0.1, 0.15) is 16.9 Å². The van der Waals surface area contributed by atoms with E-state index in [1.807, 2.05) is 32.2 Å². The molecule has 1 aromatic heterocycles. The highest BCUT2D eigenvalue weighted by Crippen LogP contribution is 2.45. The molecule has 36 heavy (non-hydrogen) atoms. The molecule has 2 saturated heterocycles. The number of fused-ring (bicyclic) bond motifs is 1. The van der Waals surface area contributed by atoms with Gasteiger partial charge >= 0.3 is 5.97 Å². The lowest BCUT2D eigenvalue weighted by Crippen LogP contribution is -2.45. The summed E-state index contributed by atoms with van der Waals surface area (Å²) in [6.45, 7) is 10.6. The number of hydrogen-bond acceptors (Lipinski definition) is 9. The van der Waals surface area contributed by atoms with E-state index in [1.165, 1.54) is 11.3 Å². The van der Waals surface area contributed by atoms with E-state index in [9.17, 15) is 24.9 Å². The number of carbonyl (C=O) groups excluding carboxylic acids is 2. The molecule has 8 nitrogen and oxygen atoms in total. The number of thiazole rings is 1. The Kier molecular flexibility index (Phi) is 9.15. The summed E-state index contributed by atoms with van der Waals surface area (Å²) in [4.78, 5) is 30.5. The second-order valence-corrected chi connectivity index (χ2v) is 12.2. The van der Waals surface area contributed by atoms with E-state index in [0.29, 0.717) is 17.1 Å². The molecule has 0 spiro atoms. The van der Waals surface area contributed by atoms with Crippen LogP contribution in [-0.2, 0) is 25.7 Å². The molecule has 0 amide bonds. The molecule has 3 rings (SSSR count). The van der Waals surface area contributed by atoms with Gasteiger partial charge in [-0.15, -0.1) is 11.3 Å².